The minimum atomic E-state index is 0.103. The highest BCUT2D eigenvalue weighted by Gasteiger charge is 2.14. The van der Waals surface area contributed by atoms with Crippen molar-refractivity contribution in [2.24, 2.45) is 0 Å². The number of ether oxygens (including phenoxy) is 2. The van der Waals surface area contributed by atoms with Crippen LogP contribution in [0.25, 0.3) is 0 Å². The van der Waals surface area contributed by atoms with Gasteiger partial charge in [0.1, 0.15) is 5.82 Å². The van der Waals surface area contributed by atoms with Gasteiger partial charge in [0.25, 0.3) is 0 Å². The number of aromatic nitrogens is 1. The number of rotatable bonds is 3. The highest BCUT2D eigenvalue weighted by atomic mass is 79.9. The lowest BCUT2D eigenvalue weighted by atomic mass is 10.3. The van der Waals surface area contributed by atoms with Crippen LogP contribution < -0.4 is 5.32 Å². The molecule has 0 radical (unpaired) electrons. The summed E-state index contributed by atoms with van der Waals surface area (Å²) >= 11 is 6.80. The molecule has 1 aliphatic heterocycles. The lowest BCUT2D eigenvalue weighted by Gasteiger charge is -2.23. The highest BCUT2D eigenvalue weighted by Crippen LogP contribution is 2.23. The van der Waals surface area contributed by atoms with Gasteiger partial charge in [0, 0.05) is 17.2 Å². The molecular formula is C10H12Br2N2O2. The average molecular weight is 352 g/mol. The van der Waals surface area contributed by atoms with Crippen molar-refractivity contribution in [3.63, 3.8) is 0 Å². The van der Waals surface area contributed by atoms with Crippen molar-refractivity contribution in [2.75, 3.05) is 31.7 Å². The zero-order valence-corrected chi connectivity index (χ0v) is 11.8. The van der Waals surface area contributed by atoms with Crippen LogP contribution in [0.15, 0.2) is 21.2 Å². The van der Waals surface area contributed by atoms with E-state index >= 15 is 0 Å². The number of pyridine rings is 1. The second-order valence-corrected chi connectivity index (χ2v) is 5.20. The van der Waals surface area contributed by atoms with Crippen LogP contribution in [0.4, 0.5) is 5.82 Å². The molecule has 0 bridgehead atoms. The van der Waals surface area contributed by atoms with Crippen LogP contribution in [0.5, 0.6) is 0 Å². The maximum Gasteiger partial charge on any atom is 0.140 e. The van der Waals surface area contributed by atoms with E-state index in [1.807, 2.05) is 6.07 Å². The Morgan fingerprint density at radius 3 is 3.00 bits per heavy atom. The topological polar surface area (TPSA) is 43.4 Å². The Hall–Kier alpha value is -0.170. The molecule has 0 spiro atoms. The third-order valence-corrected chi connectivity index (χ3v) is 3.23. The Labute approximate surface area is 111 Å². The maximum absolute atomic E-state index is 5.52. The molecule has 0 aliphatic carbocycles. The van der Waals surface area contributed by atoms with Gasteiger partial charge in [0.2, 0.25) is 0 Å². The summed E-state index contributed by atoms with van der Waals surface area (Å²) in [5.41, 5.74) is 0. The van der Waals surface area contributed by atoms with Gasteiger partial charge in [0.15, 0.2) is 0 Å². The Morgan fingerprint density at radius 1 is 1.44 bits per heavy atom. The van der Waals surface area contributed by atoms with Crippen LogP contribution in [-0.2, 0) is 9.47 Å². The molecule has 88 valence electrons. The smallest absolute Gasteiger partial charge is 0.140 e. The molecule has 1 saturated heterocycles. The van der Waals surface area contributed by atoms with Crippen molar-refractivity contribution in [1.82, 2.24) is 4.98 Å². The van der Waals surface area contributed by atoms with Crippen LogP contribution in [0, 0.1) is 0 Å². The van der Waals surface area contributed by atoms with Gasteiger partial charge in [0.05, 0.1) is 30.4 Å². The molecule has 6 heteroatoms. The average Bonchev–Trinajstić information content (AvgIpc) is 2.29. The van der Waals surface area contributed by atoms with Gasteiger partial charge in [-0.2, -0.15) is 0 Å². The molecule has 0 saturated carbocycles. The first-order valence-electron chi connectivity index (χ1n) is 5.00. The van der Waals surface area contributed by atoms with Crippen LogP contribution >= 0.6 is 31.9 Å². The molecule has 0 amide bonds. The minimum Gasteiger partial charge on any atom is -0.376 e. The molecule has 1 fully saturated rings. The molecule has 1 atom stereocenters. The summed E-state index contributed by atoms with van der Waals surface area (Å²) in [6.45, 7) is 2.70. The Morgan fingerprint density at radius 2 is 2.31 bits per heavy atom. The van der Waals surface area contributed by atoms with Crippen LogP contribution in [0.1, 0.15) is 0 Å². The molecule has 2 heterocycles. The van der Waals surface area contributed by atoms with Crippen molar-refractivity contribution >= 4 is 37.7 Å². The number of anilines is 1. The Bertz CT molecular complexity index is 357. The van der Waals surface area contributed by atoms with Crippen molar-refractivity contribution in [2.45, 2.75) is 6.10 Å². The number of halogens is 2. The summed E-state index contributed by atoms with van der Waals surface area (Å²) in [6, 6.07) is 1.95. The number of hydrogen-bond donors (Lipinski definition) is 1. The molecule has 16 heavy (non-hydrogen) atoms. The lowest BCUT2D eigenvalue weighted by Crippen LogP contribution is -2.34. The van der Waals surface area contributed by atoms with Crippen molar-refractivity contribution in [3.8, 4) is 0 Å². The fourth-order valence-corrected chi connectivity index (χ4v) is 2.54. The predicted octanol–water partition coefficient (Wildman–Crippen LogP) is 2.43. The summed E-state index contributed by atoms with van der Waals surface area (Å²) in [7, 11) is 0. The van der Waals surface area contributed by atoms with Gasteiger partial charge in [-0.05, 0) is 37.9 Å². The fourth-order valence-electron chi connectivity index (χ4n) is 1.41. The van der Waals surface area contributed by atoms with Crippen LogP contribution in [0.2, 0.25) is 0 Å². The van der Waals surface area contributed by atoms with Crippen molar-refractivity contribution in [1.29, 1.82) is 0 Å². The molecule has 0 aromatic carbocycles. The summed E-state index contributed by atoms with van der Waals surface area (Å²) in [4.78, 5) is 4.26. The van der Waals surface area contributed by atoms with Gasteiger partial charge in [-0.25, -0.2) is 4.98 Å². The third-order valence-electron chi connectivity index (χ3n) is 2.19. The van der Waals surface area contributed by atoms with Crippen LogP contribution in [-0.4, -0.2) is 37.5 Å². The summed E-state index contributed by atoms with van der Waals surface area (Å²) in [6.07, 6.45) is 1.86. The first-order valence-corrected chi connectivity index (χ1v) is 6.58. The van der Waals surface area contributed by atoms with Gasteiger partial charge in [-0.15, -0.1) is 0 Å². The zero-order chi connectivity index (χ0) is 11.4. The van der Waals surface area contributed by atoms with E-state index in [2.05, 4.69) is 42.2 Å². The maximum atomic E-state index is 5.52. The third kappa shape index (κ3) is 3.41. The molecule has 1 aliphatic rings. The molecule has 4 nitrogen and oxygen atoms in total. The minimum absolute atomic E-state index is 0.103. The molecule has 1 aromatic heterocycles. The van der Waals surface area contributed by atoms with Crippen molar-refractivity contribution < 1.29 is 9.47 Å². The first-order chi connectivity index (χ1) is 7.75. The van der Waals surface area contributed by atoms with E-state index in [0.29, 0.717) is 26.4 Å². The van der Waals surface area contributed by atoms with E-state index in [-0.39, 0.29) is 6.10 Å². The monoisotopic (exact) mass is 350 g/mol. The molecule has 1 N–H and O–H groups in total. The zero-order valence-electron chi connectivity index (χ0n) is 8.58. The standard InChI is InChI=1S/C10H12Br2N2O2/c11-7-3-9(12)10(13-4-7)14-5-8-6-15-1-2-16-8/h3-4,8H,1-2,5-6H2,(H,13,14). The van der Waals surface area contributed by atoms with E-state index < -0.39 is 0 Å². The number of hydrogen-bond acceptors (Lipinski definition) is 4. The number of nitrogens with one attached hydrogen (secondary N) is 1. The van der Waals surface area contributed by atoms with Gasteiger partial charge >= 0.3 is 0 Å². The fraction of sp³-hybridized carbons (Fsp3) is 0.500. The normalized spacial score (nSPS) is 20.8. The van der Waals surface area contributed by atoms with Gasteiger partial charge < -0.3 is 14.8 Å². The number of nitrogens with zero attached hydrogens (tertiary/aromatic N) is 1. The predicted molar refractivity (Wildman–Crippen MR) is 68.7 cm³/mol. The molecular weight excluding hydrogens is 340 g/mol. The molecule has 2 rings (SSSR count). The molecule has 1 unspecified atom stereocenters. The Kier molecular flexibility index (Phi) is 4.57. The molecule has 1 aromatic rings. The summed E-state index contributed by atoms with van der Waals surface area (Å²) in [5.74, 6) is 0.817. The van der Waals surface area contributed by atoms with E-state index in [1.165, 1.54) is 0 Å². The van der Waals surface area contributed by atoms with Crippen LogP contribution in [0.3, 0.4) is 0 Å². The van der Waals surface area contributed by atoms with E-state index in [1.54, 1.807) is 6.20 Å². The largest absolute Gasteiger partial charge is 0.376 e. The first kappa shape index (κ1) is 12.3. The van der Waals surface area contributed by atoms with Gasteiger partial charge in [-0.1, -0.05) is 0 Å². The second kappa shape index (κ2) is 5.95. The highest BCUT2D eigenvalue weighted by molar-refractivity contribution is 9.11. The van der Waals surface area contributed by atoms with E-state index in [0.717, 1.165) is 14.8 Å². The second-order valence-electron chi connectivity index (χ2n) is 3.43. The lowest BCUT2D eigenvalue weighted by molar-refractivity contribution is -0.0819. The summed E-state index contributed by atoms with van der Waals surface area (Å²) in [5, 5.41) is 3.23. The van der Waals surface area contributed by atoms with Gasteiger partial charge in [-0.3, -0.25) is 0 Å². The summed E-state index contributed by atoms with van der Waals surface area (Å²) < 4.78 is 12.7. The van der Waals surface area contributed by atoms with Crippen molar-refractivity contribution in [3.05, 3.63) is 21.2 Å². The van der Waals surface area contributed by atoms with E-state index in [9.17, 15) is 0 Å². The SMILES string of the molecule is Brc1cnc(NCC2COCCO2)c(Br)c1. The quantitative estimate of drug-likeness (QED) is 0.908. The Balaban J connectivity index is 1.88. The van der Waals surface area contributed by atoms with E-state index in [4.69, 9.17) is 9.47 Å².